The van der Waals surface area contributed by atoms with Crippen LogP contribution in [0.5, 0.6) is 0 Å². The van der Waals surface area contributed by atoms with E-state index in [0.717, 1.165) is 6.42 Å². The normalized spacial score (nSPS) is 16.1. The van der Waals surface area contributed by atoms with Gasteiger partial charge in [-0.2, -0.15) is 0 Å². The van der Waals surface area contributed by atoms with Crippen molar-refractivity contribution in [1.29, 1.82) is 0 Å². The minimum atomic E-state index is -1.42. The van der Waals surface area contributed by atoms with Crippen molar-refractivity contribution in [3.05, 3.63) is 64.0 Å². The van der Waals surface area contributed by atoms with Crippen molar-refractivity contribution in [3.63, 3.8) is 0 Å². The molecule has 0 unspecified atom stereocenters. The van der Waals surface area contributed by atoms with Crippen LogP contribution in [0, 0.1) is 18.9 Å². The van der Waals surface area contributed by atoms with E-state index in [1.165, 1.54) is 33.5 Å². The van der Waals surface area contributed by atoms with Gasteiger partial charge < -0.3 is 0 Å². The van der Waals surface area contributed by atoms with Crippen LogP contribution in [0.3, 0.4) is 0 Å². The molecular formula is C24H37NSi. The molecular weight excluding hydrogens is 330 g/mol. The quantitative estimate of drug-likeness (QED) is 0.319. The van der Waals surface area contributed by atoms with Gasteiger partial charge in [0, 0.05) is 0 Å². The van der Waals surface area contributed by atoms with E-state index in [9.17, 15) is 0 Å². The van der Waals surface area contributed by atoms with Crippen LogP contribution in [-0.4, -0.2) is 19.4 Å². The van der Waals surface area contributed by atoms with Crippen LogP contribution >= 0.6 is 0 Å². The summed E-state index contributed by atoms with van der Waals surface area (Å²) in [5.74, 6) is 0.653. The summed E-state index contributed by atoms with van der Waals surface area (Å²) in [5, 5.41) is 1.54. The average molecular weight is 368 g/mol. The highest BCUT2D eigenvalue weighted by Gasteiger charge is 2.30. The molecule has 0 saturated carbocycles. The van der Waals surface area contributed by atoms with Crippen molar-refractivity contribution in [3.8, 4) is 0 Å². The lowest BCUT2D eigenvalue weighted by Gasteiger charge is -2.32. The molecule has 26 heavy (non-hydrogen) atoms. The molecule has 1 heterocycles. The highest BCUT2D eigenvalue weighted by Crippen LogP contribution is 2.37. The largest absolute Gasteiger partial charge is 0.255 e. The summed E-state index contributed by atoms with van der Waals surface area (Å²) in [6.07, 6.45) is 5.85. The highest BCUT2D eigenvalue weighted by molar-refractivity contribution is 6.84. The summed E-state index contributed by atoms with van der Waals surface area (Å²) in [6, 6.07) is 8.10. The smallest absolute Gasteiger partial charge is 0.147 e. The van der Waals surface area contributed by atoms with Crippen LogP contribution in [0.15, 0.2) is 41.2 Å². The molecule has 0 fully saturated rings. The SMILES string of the molecule is C=[N+]1C=C([Si](C)(C)C)C(CC(C)C)=C[C-]1c1cc(C(C)(C)C)ccc1C. The molecule has 142 valence electrons. The molecule has 0 N–H and O–H groups in total. The molecule has 0 aromatic heterocycles. The Morgan fingerprint density at radius 3 is 2.27 bits per heavy atom. The van der Waals surface area contributed by atoms with Gasteiger partial charge in [-0.3, -0.25) is 4.58 Å². The lowest BCUT2D eigenvalue weighted by atomic mass is 9.83. The molecule has 1 aromatic rings. The number of nitrogens with zero attached hydrogens (tertiary/aromatic N) is 1. The third kappa shape index (κ3) is 4.59. The maximum Gasteiger partial charge on any atom is 0.147 e. The van der Waals surface area contributed by atoms with E-state index in [1.807, 2.05) is 0 Å². The predicted molar refractivity (Wildman–Crippen MR) is 119 cm³/mol. The Labute approximate surface area is 162 Å². The third-order valence-electron chi connectivity index (χ3n) is 5.07. The van der Waals surface area contributed by atoms with Crippen LogP contribution < -0.4 is 0 Å². The summed E-state index contributed by atoms with van der Waals surface area (Å²) >= 11 is 0. The standard InChI is InChI=1S/C24H37NSi/c1-17(2)13-19-14-22(25(7)16-23(19)26(8,9)10)21-15-20(24(4,5)6)12-11-18(21)3/h11-12,14-17H,7,13H2,1-6,8-10H3. The summed E-state index contributed by atoms with van der Waals surface area (Å²) in [4.78, 5) is 0. The molecule has 0 spiro atoms. The molecule has 0 amide bonds. The van der Waals surface area contributed by atoms with Crippen molar-refractivity contribution in [2.24, 2.45) is 5.92 Å². The van der Waals surface area contributed by atoms with E-state index in [1.54, 1.807) is 0 Å². The fourth-order valence-corrected chi connectivity index (χ4v) is 5.20. The average Bonchev–Trinajstić information content (AvgIpc) is 2.46. The second-order valence-electron chi connectivity index (χ2n) is 10.2. The van der Waals surface area contributed by atoms with E-state index < -0.39 is 8.07 Å². The van der Waals surface area contributed by atoms with Crippen LogP contribution in [-0.2, 0) is 5.41 Å². The van der Waals surface area contributed by atoms with Crippen LogP contribution in [0.4, 0.5) is 0 Å². The maximum absolute atomic E-state index is 4.36. The minimum absolute atomic E-state index is 0.146. The van der Waals surface area contributed by atoms with Gasteiger partial charge in [0.15, 0.2) is 0 Å². The number of benzene rings is 1. The molecule has 0 aliphatic carbocycles. The molecule has 1 aliphatic heterocycles. The Balaban J connectivity index is 2.56. The zero-order valence-electron chi connectivity index (χ0n) is 18.3. The molecule has 1 aliphatic rings. The van der Waals surface area contributed by atoms with Gasteiger partial charge in [0.2, 0.25) is 0 Å². The van der Waals surface area contributed by atoms with Crippen molar-refractivity contribution in [1.82, 2.24) is 0 Å². The van der Waals surface area contributed by atoms with E-state index >= 15 is 0 Å². The Morgan fingerprint density at radius 2 is 1.77 bits per heavy atom. The first-order valence-corrected chi connectivity index (χ1v) is 13.3. The first kappa shape index (κ1) is 20.8. The van der Waals surface area contributed by atoms with Gasteiger partial charge in [0.25, 0.3) is 0 Å². The molecule has 1 nitrogen and oxygen atoms in total. The van der Waals surface area contributed by atoms with E-state index in [-0.39, 0.29) is 5.41 Å². The molecule has 2 rings (SSSR count). The zero-order chi connectivity index (χ0) is 19.9. The molecule has 1 aromatic carbocycles. The molecule has 0 radical (unpaired) electrons. The Bertz CT molecular complexity index is 751. The van der Waals surface area contributed by atoms with Gasteiger partial charge in [-0.05, 0) is 34.6 Å². The lowest BCUT2D eigenvalue weighted by molar-refractivity contribution is -0.418. The van der Waals surface area contributed by atoms with Crippen LogP contribution in [0.2, 0.25) is 19.6 Å². The van der Waals surface area contributed by atoms with Gasteiger partial charge in [0.05, 0.1) is 14.8 Å². The summed E-state index contributed by atoms with van der Waals surface area (Å²) in [5.41, 5.74) is 5.65. The van der Waals surface area contributed by atoms with Crippen LogP contribution in [0.1, 0.15) is 57.7 Å². The fourth-order valence-electron chi connectivity index (χ4n) is 3.51. The lowest BCUT2D eigenvalue weighted by Crippen LogP contribution is -2.31. The zero-order valence-corrected chi connectivity index (χ0v) is 19.3. The van der Waals surface area contributed by atoms with E-state index in [0.29, 0.717) is 5.92 Å². The molecule has 0 bridgehead atoms. The summed E-state index contributed by atoms with van der Waals surface area (Å²) < 4.78 is 2.10. The van der Waals surface area contributed by atoms with Crippen LogP contribution in [0.25, 0.3) is 0 Å². The van der Waals surface area contributed by atoms with Gasteiger partial charge in [-0.15, -0.1) is 0 Å². The second-order valence-corrected chi connectivity index (χ2v) is 15.2. The topological polar surface area (TPSA) is 3.01 Å². The number of allylic oxidation sites excluding steroid dienone is 2. The third-order valence-corrected chi connectivity index (χ3v) is 7.13. The van der Waals surface area contributed by atoms with Crippen molar-refractivity contribution in [2.75, 3.05) is 0 Å². The van der Waals surface area contributed by atoms with Crippen molar-refractivity contribution >= 4 is 14.8 Å². The Kier molecular flexibility index (Phi) is 5.77. The summed E-state index contributed by atoms with van der Waals surface area (Å²) in [7, 11) is -1.42. The Morgan fingerprint density at radius 1 is 1.15 bits per heavy atom. The predicted octanol–water partition coefficient (Wildman–Crippen LogP) is 6.63. The summed E-state index contributed by atoms with van der Waals surface area (Å²) in [6.45, 7) is 25.3. The highest BCUT2D eigenvalue weighted by atomic mass is 28.3. The first-order chi connectivity index (χ1) is 11.8. The first-order valence-electron chi connectivity index (χ1n) is 9.82. The minimum Gasteiger partial charge on any atom is -0.255 e. The van der Waals surface area contributed by atoms with Gasteiger partial charge in [-0.25, -0.2) is 0 Å². The maximum atomic E-state index is 4.36. The molecule has 0 atom stereocenters. The van der Waals surface area contributed by atoms with Crippen molar-refractivity contribution < 1.29 is 4.58 Å². The van der Waals surface area contributed by atoms with Gasteiger partial charge >= 0.3 is 0 Å². The fraction of sp³-hybridized carbons (Fsp3) is 0.500. The van der Waals surface area contributed by atoms with E-state index in [2.05, 4.69) is 103 Å². The molecule has 0 saturated heterocycles. The van der Waals surface area contributed by atoms with Crippen molar-refractivity contribution in [2.45, 2.75) is 73.0 Å². The molecule has 2 heteroatoms. The Hall–Kier alpha value is -1.54. The second kappa shape index (κ2) is 7.23. The monoisotopic (exact) mass is 367 g/mol. The number of hydrogen-bond acceptors (Lipinski definition) is 0. The van der Waals surface area contributed by atoms with Gasteiger partial charge in [0.1, 0.15) is 12.2 Å². The van der Waals surface area contributed by atoms with E-state index in [4.69, 9.17) is 0 Å². The number of rotatable bonds is 4. The number of hydrogen-bond donors (Lipinski definition) is 0. The number of aryl methyl sites for hydroxylation is 1. The van der Waals surface area contributed by atoms with Gasteiger partial charge in [-0.1, -0.05) is 96.1 Å².